The molecule has 24 heavy (non-hydrogen) atoms. The lowest BCUT2D eigenvalue weighted by Crippen LogP contribution is -2.13. The number of ketones is 1. The number of benzene rings is 2. The van der Waals surface area contributed by atoms with Gasteiger partial charge in [-0.2, -0.15) is 0 Å². The van der Waals surface area contributed by atoms with Crippen molar-refractivity contribution in [3.8, 4) is 11.5 Å². The van der Waals surface area contributed by atoms with Gasteiger partial charge in [0.05, 0.1) is 5.25 Å². The van der Waals surface area contributed by atoms with Crippen LogP contribution in [0.2, 0.25) is 5.02 Å². The molecule has 0 N–H and O–H groups in total. The fourth-order valence-electron chi connectivity index (χ4n) is 2.02. The molecule has 4 nitrogen and oxygen atoms in total. The Bertz CT molecular complexity index is 850. The second kappa shape index (κ2) is 7.51. The highest BCUT2D eigenvalue weighted by molar-refractivity contribution is 9.10. The fourth-order valence-corrected chi connectivity index (χ4v) is 3.17. The van der Waals surface area contributed by atoms with E-state index in [-0.39, 0.29) is 11.0 Å². The second-order valence-corrected chi connectivity index (χ2v) is 7.66. The molecule has 0 saturated heterocycles. The highest BCUT2D eigenvalue weighted by Gasteiger charge is 2.20. The number of rotatable bonds is 5. The second-order valence-electron chi connectivity index (χ2n) is 5.01. The number of Topliss-reactive ketones (excluding diaryl/α,β-unsaturated/α-hetero) is 1. The van der Waals surface area contributed by atoms with Crippen molar-refractivity contribution >= 4 is 45.1 Å². The van der Waals surface area contributed by atoms with Gasteiger partial charge < -0.3 is 4.42 Å². The van der Waals surface area contributed by atoms with Crippen LogP contribution in [0.5, 0.6) is 0 Å². The van der Waals surface area contributed by atoms with Gasteiger partial charge in [0, 0.05) is 20.6 Å². The van der Waals surface area contributed by atoms with Crippen molar-refractivity contribution in [2.24, 2.45) is 0 Å². The van der Waals surface area contributed by atoms with Crippen molar-refractivity contribution in [2.45, 2.75) is 17.4 Å². The van der Waals surface area contributed by atoms with Crippen molar-refractivity contribution in [2.75, 3.05) is 0 Å². The first kappa shape index (κ1) is 17.2. The summed E-state index contributed by atoms with van der Waals surface area (Å²) in [5, 5.41) is 8.68. The molecular weight excluding hydrogens is 412 g/mol. The predicted octanol–water partition coefficient (Wildman–Crippen LogP) is 5.52. The van der Waals surface area contributed by atoms with Crippen LogP contribution in [-0.2, 0) is 0 Å². The Balaban J connectivity index is 1.70. The number of aromatic nitrogens is 2. The van der Waals surface area contributed by atoms with Gasteiger partial charge in [-0.25, -0.2) is 0 Å². The summed E-state index contributed by atoms with van der Waals surface area (Å²) in [6, 6.07) is 14.4. The Morgan fingerprint density at radius 3 is 2.46 bits per heavy atom. The van der Waals surface area contributed by atoms with E-state index >= 15 is 0 Å². The van der Waals surface area contributed by atoms with Crippen LogP contribution in [0.4, 0.5) is 0 Å². The summed E-state index contributed by atoms with van der Waals surface area (Å²) in [5.41, 5.74) is 1.43. The number of halogens is 2. The quantitative estimate of drug-likeness (QED) is 0.400. The van der Waals surface area contributed by atoms with Crippen molar-refractivity contribution in [3.63, 3.8) is 0 Å². The van der Waals surface area contributed by atoms with Gasteiger partial charge in [-0.05, 0) is 43.3 Å². The summed E-state index contributed by atoms with van der Waals surface area (Å²) >= 11 is 10.5. The molecule has 3 aromatic rings. The largest absolute Gasteiger partial charge is 0.411 e. The Kier molecular flexibility index (Phi) is 5.38. The van der Waals surface area contributed by atoms with Gasteiger partial charge >= 0.3 is 0 Å². The molecule has 0 unspecified atom stereocenters. The number of thioether (sulfide) groups is 1. The third-order valence-corrected chi connectivity index (χ3v) is 4.99. The van der Waals surface area contributed by atoms with Gasteiger partial charge in [0.1, 0.15) is 0 Å². The van der Waals surface area contributed by atoms with Gasteiger partial charge in [-0.15, -0.1) is 10.2 Å². The zero-order chi connectivity index (χ0) is 17.1. The molecule has 0 amide bonds. The fraction of sp³-hybridized carbons (Fsp3) is 0.118. The summed E-state index contributed by atoms with van der Waals surface area (Å²) in [4.78, 5) is 12.4. The number of nitrogens with zero attached hydrogens (tertiary/aromatic N) is 2. The van der Waals surface area contributed by atoms with Crippen LogP contribution in [0, 0.1) is 0 Å². The van der Waals surface area contributed by atoms with Crippen LogP contribution < -0.4 is 0 Å². The van der Waals surface area contributed by atoms with E-state index in [1.807, 2.05) is 19.1 Å². The lowest BCUT2D eigenvalue weighted by atomic mass is 10.1. The molecule has 3 rings (SSSR count). The monoisotopic (exact) mass is 422 g/mol. The van der Waals surface area contributed by atoms with Crippen LogP contribution in [-0.4, -0.2) is 21.2 Å². The van der Waals surface area contributed by atoms with Crippen molar-refractivity contribution in [3.05, 3.63) is 63.6 Å². The molecule has 0 radical (unpaired) electrons. The van der Waals surface area contributed by atoms with Gasteiger partial charge in [0.15, 0.2) is 5.78 Å². The maximum atomic E-state index is 12.4. The third kappa shape index (κ3) is 4.06. The first-order valence-electron chi connectivity index (χ1n) is 7.09. The molecule has 1 heterocycles. The van der Waals surface area contributed by atoms with Crippen LogP contribution in [0.25, 0.3) is 11.5 Å². The number of carbonyl (C=O) groups excluding carboxylic acids is 1. The molecule has 1 aromatic heterocycles. The maximum absolute atomic E-state index is 12.4. The lowest BCUT2D eigenvalue weighted by Gasteiger charge is -2.07. The third-order valence-electron chi connectivity index (χ3n) is 3.27. The van der Waals surface area contributed by atoms with E-state index in [0.29, 0.717) is 21.7 Å². The predicted molar refractivity (Wildman–Crippen MR) is 98.5 cm³/mol. The molecule has 0 spiro atoms. The van der Waals surface area contributed by atoms with Gasteiger partial charge in [-0.1, -0.05) is 51.4 Å². The Hall–Kier alpha value is -1.63. The van der Waals surface area contributed by atoms with E-state index < -0.39 is 0 Å². The number of hydrogen-bond donors (Lipinski definition) is 0. The van der Waals surface area contributed by atoms with E-state index in [4.69, 9.17) is 16.0 Å². The van der Waals surface area contributed by atoms with Crippen LogP contribution in [0.15, 0.2) is 62.6 Å². The summed E-state index contributed by atoms with van der Waals surface area (Å²) in [5.74, 6) is 0.413. The van der Waals surface area contributed by atoms with Gasteiger partial charge in [0.25, 0.3) is 5.22 Å². The van der Waals surface area contributed by atoms with E-state index in [1.165, 1.54) is 11.8 Å². The van der Waals surface area contributed by atoms with Gasteiger partial charge in [0.2, 0.25) is 5.89 Å². The molecule has 0 aliphatic rings. The van der Waals surface area contributed by atoms with Crippen molar-refractivity contribution in [1.82, 2.24) is 10.2 Å². The molecular formula is C17H12BrClN2O2S. The van der Waals surface area contributed by atoms with E-state index in [9.17, 15) is 4.79 Å². The van der Waals surface area contributed by atoms with E-state index in [2.05, 4.69) is 26.1 Å². The first-order valence-corrected chi connectivity index (χ1v) is 9.14. The van der Waals surface area contributed by atoms with Crippen LogP contribution in [0.1, 0.15) is 17.3 Å². The van der Waals surface area contributed by atoms with E-state index in [1.54, 1.807) is 36.4 Å². The Morgan fingerprint density at radius 1 is 1.12 bits per heavy atom. The highest BCUT2D eigenvalue weighted by Crippen LogP contribution is 2.28. The molecule has 0 bridgehead atoms. The Labute approximate surface area is 156 Å². The highest BCUT2D eigenvalue weighted by atomic mass is 79.9. The molecule has 7 heteroatoms. The van der Waals surface area contributed by atoms with E-state index in [0.717, 1.165) is 10.0 Å². The summed E-state index contributed by atoms with van der Waals surface area (Å²) in [6.07, 6.45) is 0. The topological polar surface area (TPSA) is 56.0 Å². The van der Waals surface area contributed by atoms with Crippen molar-refractivity contribution < 1.29 is 9.21 Å². The number of carbonyl (C=O) groups is 1. The average Bonchev–Trinajstić information content (AvgIpc) is 3.04. The molecule has 0 fully saturated rings. The molecule has 0 saturated carbocycles. The summed E-state index contributed by atoms with van der Waals surface area (Å²) in [7, 11) is 0. The number of hydrogen-bond acceptors (Lipinski definition) is 5. The van der Waals surface area contributed by atoms with Crippen molar-refractivity contribution in [1.29, 1.82) is 0 Å². The average molecular weight is 424 g/mol. The normalized spacial score (nSPS) is 12.1. The first-order chi connectivity index (χ1) is 11.5. The molecule has 0 aliphatic carbocycles. The minimum absolute atomic E-state index is 0.0127. The smallest absolute Gasteiger partial charge is 0.277 e. The minimum Gasteiger partial charge on any atom is -0.411 e. The summed E-state index contributed by atoms with van der Waals surface area (Å²) in [6.45, 7) is 1.82. The SMILES string of the molecule is C[C@@H](Sc1nnc(-c2ccc(Cl)cc2)o1)C(=O)c1ccc(Br)cc1. The standard InChI is InChI=1S/C17H12BrClN2O2S/c1-10(15(22)11-2-6-13(18)7-3-11)24-17-21-20-16(23-17)12-4-8-14(19)9-5-12/h2-10H,1H3/t10-/m1/s1. The zero-order valence-corrected chi connectivity index (χ0v) is 15.7. The summed E-state index contributed by atoms with van der Waals surface area (Å²) < 4.78 is 6.56. The molecule has 2 aromatic carbocycles. The minimum atomic E-state index is -0.329. The van der Waals surface area contributed by atoms with Crippen LogP contribution >= 0.6 is 39.3 Å². The van der Waals surface area contributed by atoms with Gasteiger partial charge in [-0.3, -0.25) is 4.79 Å². The molecule has 0 aliphatic heterocycles. The van der Waals surface area contributed by atoms with Crippen LogP contribution in [0.3, 0.4) is 0 Å². The molecule has 1 atom stereocenters. The molecule has 122 valence electrons. The Morgan fingerprint density at radius 2 is 1.79 bits per heavy atom. The lowest BCUT2D eigenvalue weighted by molar-refractivity contribution is 0.0993. The zero-order valence-electron chi connectivity index (χ0n) is 12.6. The maximum Gasteiger partial charge on any atom is 0.277 e.